The largest absolute Gasteiger partial charge is 0.439 e. The zero-order valence-electron chi connectivity index (χ0n) is 10.9. The smallest absolute Gasteiger partial charge is 0.219 e. The molecule has 0 aliphatic heterocycles. The van der Waals surface area contributed by atoms with Crippen LogP contribution in [-0.2, 0) is 19.4 Å². The molecule has 2 aromatic rings. The van der Waals surface area contributed by atoms with Crippen molar-refractivity contribution >= 4 is 0 Å². The first-order valence-electron chi connectivity index (χ1n) is 6.81. The van der Waals surface area contributed by atoms with E-state index in [1.165, 1.54) is 30.4 Å². The summed E-state index contributed by atoms with van der Waals surface area (Å²) in [6.07, 6.45) is 4.92. The van der Waals surface area contributed by atoms with E-state index in [1.54, 1.807) is 0 Å². The average molecular weight is 254 g/mol. The molecular weight excluding hydrogens is 236 g/mol. The minimum atomic E-state index is 0.432. The van der Waals surface area contributed by atoms with E-state index in [0.29, 0.717) is 12.4 Å². The van der Waals surface area contributed by atoms with Crippen molar-refractivity contribution in [3.63, 3.8) is 0 Å². The number of rotatable bonds is 3. The Hall–Kier alpha value is -1.87. The van der Waals surface area contributed by atoms with E-state index < -0.39 is 0 Å². The van der Waals surface area contributed by atoms with E-state index in [9.17, 15) is 0 Å². The van der Waals surface area contributed by atoms with Crippen molar-refractivity contribution in [1.29, 1.82) is 0 Å². The van der Waals surface area contributed by atoms with Gasteiger partial charge in [-0.25, -0.2) is 4.98 Å². The first-order chi connectivity index (χ1) is 9.35. The Kier molecular flexibility index (Phi) is 3.47. The Labute approximate surface area is 113 Å². The number of pyridine rings is 1. The number of nitrogens with zero attached hydrogens (tertiary/aromatic N) is 1. The maximum absolute atomic E-state index is 5.82. The lowest BCUT2D eigenvalue weighted by atomic mass is 9.92. The van der Waals surface area contributed by atoms with E-state index in [-0.39, 0.29) is 0 Å². The molecule has 1 aliphatic rings. The number of hydrogen-bond donors (Lipinski definition) is 1. The summed E-state index contributed by atoms with van der Waals surface area (Å²) in [6, 6.07) is 12.0. The maximum Gasteiger partial charge on any atom is 0.219 e. The molecule has 2 N–H and O–H groups in total. The normalized spacial score (nSPS) is 13.9. The molecule has 3 nitrogen and oxygen atoms in total. The highest BCUT2D eigenvalue weighted by atomic mass is 16.5. The topological polar surface area (TPSA) is 48.1 Å². The molecule has 0 amide bonds. The van der Waals surface area contributed by atoms with Crippen molar-refractivity contribution in [2.75, 3.05) is 0 Å². The van der Waals surface area contributed by atoms with Gasteiger partial charge in [0.1, 0.15) is 5.75 Å². The van der Waals surface area contributed by atoms with Crippen LogP contribution in [0.1, 0.15) is 29.7 Å². The van der Waals surface area contributed by atoms with Gasteiger partial charge in [-0.3, -0.25) is 0 Å². The van der Waals surface area contributed by atoms with Crippen LogP contribution in [0.2, 0.25) is 0 Å². The highest BCUT2D eigenvalue weighted by molar-refractivity contribution is 5.38. The second-order valence-corrected chi connectivity index (χ2v) is 4.91. The minimum Gasteiger partial charge on any atom is -0.439 e. The van der Waals surface area contributed by atoms with Gasteiger partial charge in [0, 0.05) is 12.6 Å². The number of fused-ring (bicyclic) bond motifs is 1. The van der Waals surface area contributed by atoms with Crippen LogP contribution in [0.5, 0.6) is 11.6 Å². The predicted molar refractivity (Wildman–Crippen MR) is 75.3 cm³/mol. The highest BCUT2D eigenvalue weighted by Crippen LogP contribution is 2.27. The molecule has 19 heavy (non-hydrogen) atoms. The molecular formula is C16H18N2O. The first kappa shape index (κ1) is 12.2. The Bertz CT molecular complexity index is 581. The van der Waals surface area contributed by atoms with Crippen LogP contribution >= 0.6 is 0 Å². The molecule has 3 rings (SSSR count). The molecule has 1 aromatic carbocycles. The van der Waals surface area contributed by atoms with Crippen molar-refractivity contribution in [3.8, 4) is 11.6 Å². The van der Waals surface area contributed by atoms with Gasteiger partial charge in [-0.2, -0.15) is 0 Å². The van der Waals surface area contributed by atoms with Crippen molar-refractivity contribution in [3.05, 3.63) is 53.2 Å². The van der Waals surface area contributed by atoms with Gasteiger partial charge in [-0.15, -0.1) is 0 Å². The van der Waals surface area contributed by atoms with Gasteiger partial charge < -0.3 is 10.5 Å². The summed E-state index contributed by atoms with van der Waals surface area (Å²) in [5.41, 5.74) is 9.30. The minimum absolute atomic E-state index is 0.432. The fourth-order valence-corrected chi connectivity index (χ4v) is 2.52. The van der Waals surface area contributed by atoms with Gasteiger partial charge in [-0.1, -0.05) is 12.1 Å². The predicted octanol–water partition coefficient (Wildman–Crippen LogP) is 3.21. The number of hydrogen-bond acceptors (Lipinski definition) is 3. The zero-order valence-corrected chi connectivity index (χ0v) is 10.9. The van der Waals surface area contributed by atoms with Crippen LogP contribution in [0.3, 0.4) is 0 Å². The fourth-order valence-electron chi connectivity index (χ4n) is 2.52. The second-order valence-electron chi connectivity index (χ2n) is 4.91. The van der Waals surface area contributed by atoms with Crippen LogP contribution in [0, 0.1) is 0 Å². The molecule has 0 spiro atoms. The Morgan fingerprint density at radius 3 is 2.74 bits per heavy atom. The van der Waals surface area contributed by atoms with Crippen molar-refractivity contribution in [1.82, 2.24) is 4.98 Å². The van der Waals surface area contributed by atoms with Gasteiger partial charge in [0.15, 0.2) is 0 Å². The molecule has 0 radical (unpaired) electrons. The number of aryl methyl sites for hydroxylation is 2. The lowest BCUT2D eigenvalue weighted by molar-refractivity contribution is 0.459. The number of aromatic nitrogens is 1. The van der Waals surface area contributed by atoms with Crippen molar-refractivity contribution < 1.29 is 4.74 Å². The maximum atomic E-state index is 5.82. The summed E-state index contributed by atoms with van der Waals surface area (Å²) in [4.78, 5) is 4.35. The SMILES string of the molecule is NCc1cccc(Oc2ccc3c(c2)CCCC3)n1. The van der Waals surface area contributed by atoms with Crippen LogP contribution in [0.25, 0.3) is 0 Å². The summed E-state index contributed by atoms with van der Waals surface area (Å²) in [5.74, 6) is 1.47. The molecule has 0 unspecified atom stereocenters. The molecule has 3 heteroatoms. The third kappa shape index (κ3) is 2.76. The number of ether oxygens (including phenoxy) is 1. The monoisotopic (exact) mass is 254 g/mol. The Balaban J connectivity index is 1.82. The Morgan fingerprint density at radius 1 is 1.05 bits per heavy atom. The summed E-state index contributed by atoms with van der Waals surface area (Å²) < 4.78 is 5.82. The molecule has 0 saturated carbocycles. The zero-order chi connectivity index (χ0) is 13.1. The van der Waals surface area contributed by atoms with E-state index in [4.69, 9.17) is 10.5 Å². The molecule has 1 aromatic heterocycles. The molecule has 1 heterocycles. The van der Waals surface area contributed by atoms with E-state index in [2.05, 4.69) is 17.1 Å². The Morgan fingerprint density at radius 2 is 1.89 bits per heavy atom. The van der Waals surface area contributed by atoms with Gasteiger partial charge >= 0.3 is 0 Å². The summed E-state index contributed by atoms with van der Waals surface area (Å²) in [6.45, 7) is 0.432. The highest BCUT2D eigenvalue weighted by Gasteiger charge is 2.10. The molecule has 0 bridgehead atoms. The standard InChI is InChI=1S/C16H18N2O/c17-11-14-6-3-7-16(18-14)19-15-9-8-12-4-1-2-5-13(12)10-15/h3,6-10H,1-2,4-5,11,17H2. The average Bonchev–Trinajstić information content (AvgIpc) is 2.47. The third-order valence-corrected chi connectivity index (χ3v) is 3.53. The van der Waals surface area contributed by atoms with Crippen LogP contribution in [0.4, 0.5) is 0 Å². The molecule has 0 atom stereocenters. The first-order valence-corrected chi connectivity index (χ1v) is 6.81. The van der Waals surface area contributed by atoms with Crippen LogP contribution < -0.4 is 10.5 Å². The third-order valence-electron chi connectivity index (χ3n) is 3.53. The van der Waals surface area contributed by atoms with Crippen LogP contribution in [0.15, 0.2) is 36.4 Å². The second kappa shape index (κ2) is 5.41. The van der Waals surface area contributed by atoms with Crippen LogP contribution in [-0.4, -0.2) is 4.98 Å². The molecule has 1 aliphatic carbocycles. The van der Waals surface area contributed by atoms with Gasteiger partial charge in [0.05, 0.1) is 5.69 Å². The molecule has 0 fully saturated rings. The van der Waals surface area contributed by atoms with E-state index >= 15 is 0 Å². The van der Waals surface area contributed by atoms with Gasteiger partial charge in [0.25, 0.3) is 0 Å². The van der Waals surface area contributed by atoms with Crippen molar-refractivity contribution in [2.24, 2.45) is 5.73 Å². The molecule has 0 saturated heterocycles. The molecule has 98 valence electrons. The number of nitrogens with two attached hydrogens (primary N) is 1. The van der Waals surface area contributed by atoms with E-state index in [0.717, 1.165) is 17.9 Å². The lowest BCUT2D eigenvalue weighted by Gasteiger charge is -2.16. The van der Waals surface area contributed by atoms with Gasteiger partial charge in [-0.05, 0) is 55.0 Å². The quantitative estimate of drug-likeness (QED) is 0.915. The van der Waals surface area contributed by atoms with E-state index in [1.807, 2.05) is 24.3 Å². The van der Waals surface area contributed by atoms with Gasteiger partial charge in [0.2, 0.25) is 5.88 Å². The van der Waals surface area contributed by atoms with Crippen molar-refractivity contribution in [2.45, 2.75) is 32.2 Å². The summed E-state index contributed by atoms with van der Waals surface area (Å²) in [7, 11) is 0. The number of benzene rings is 1. The lowest BCUT2D eigenvalue weighted by Crippen LogP contribution is -2.03. The summed E-state index contributed by atoms with van der Waals surface area (Å²) >= 11 is 0. The summed E-state index contributed by atoms with van der Waals surface area (Å²) in [5, 5.41) is 0. The fraction of sp³-hybridized carbons (Fsp3) is 0.312.